The van der Waals surface area contributed by atoms with Gasteiger partial charge in [-0.1, -0.05) is 30.3 Å². The van der Waals surface area contributed by atoms with E-state index in [4.69, 9.17) is 9.73 Å². The molecule has 1 aromatic carbocycles. The summed E-state index contributed by atoms with van der Waals surface area (Å²) in [5.41, 5.74) is 4.25. The second-order valence-electron chi connectivity index (χ2n) is 9.24. The number of nitrogens with zero attached hydrogens (tertiary/aromatic N) is 4. The van der Waals surface area contributed by atoms with Gasteiger partial charge in [-0.2, -0.15) is 0 Å². The minimum atomic E-state index is 0.0674. The molecule has 0 saturated carbocycles. The van der Waals surface area contributed by atoms with Gasteiger partial charge >= 0.3 is 0 Å². The number of nitrogens with one attached hydrogen (secondary N) is 1. The van der Waals surface area contributed by atoms with Crippen molar-refractivity contribution in [1.29, 1.82) is 0 Å². The number of aliphatic imine (C=N–C) groups is 1. The average Bonchev–Trinajstić information content (AvgIpc) is 2.90. The maximum absolute atomic E-state index is 12.7. The first-order valence-electron chi connectivity index (χ1n) is 12.3. The zero-order valence-corrected chi connectivity index (χ0v) is 19.9. The van der Waals surface area contributed by atoms with E-state index in [1.54, 1.807) is 36.8 Å². The number of rotatable bonds is 9. The number of piperidine rings is 1. The molecule has 1 saturated heterocycles. The largest absolute Gasteiger partial charge is 0.488 e. The summed E-state index contributed by atoms with van der Waals surface area (Å²) in [6.07, 6.45) is 7.72. The summed E-state index contributed by atoms with van der Waals surface area (Å²) >= 11 is 0. The van der Waals surface area contributed by atoms with Gasteiger partial charge < -0.3 is 10.1 Å². The topological polar surface area (TPSA) is 79.7 Å². The van der Waals surface area contributed by atoms with Gasteiger partial charge in [-0.25, -0.2) is 0 Å². The van der Waals surface area contributed by atoms with Crippen molar-refractivity contribution in [2.45, 2.75) is 32.4 Å². The van der Waals surface area contributed by atoms with Crippen molar-refractivity contribution in [2.75, 3.05) is 26.2 Å². The van der Waals surface area contributed by atoms with Crippen LogP contribution in [0.25, 0.3) is 0 Å². The molecule has 0 spiro atoms. The van der Waals surface area contributed by atoms with Crippen LogP contribution < -0.4 is 10.1 Å². The molecule has 5 rings (SSSR count). The van der Waals surface area contributed by atoms with Gasteiger partial charge in [-0.3, -0.25) is 24.7 Å². The number of ketones is 1. The Hall–Kier alpha value is -3.42. The summed E-state index contributed by atoms with van der Waals surface area (Å²) in [6, 6.07) is 16.0. The van der Waals surface area contributed by atoms with Crippen molar-refractivity contribution in [2.24, 2.45) is 10.9 Å². The maximum atomic E-state index is 12.7. The molecule has 1 N–H and O–H groups in total. The van der Waals surface area contributed by atoms with Crippen LogP contribution in [-0.2, 0) is 13.1 Å². The van der Waals surface area contributed by atoms with Crippen molar-refractivity contribution in [1.82, 2.24) is 20.2 Å². The smallest absolute Gasteiger partial charge is 0.170 e. The van der Waals surface area contributed by atoms with E-state index in [2.05, 4.69) is 50.5 Å². The fraction of sp³-hybridized carbons (Fsp3) is 0.357. The first kappa shape index (κ1) is 23.3. The van der Waals surface area contributed by atoms with Crippen molar-refractivity contribution in [3.8, 4) is 5.75 Å². The minimum Gasteiger partial charge on any atom is -0.488 e. The third kappa shape index (κ3) is 6.18. The van der Waals surface area contributed by atoms with Crippen LogP contribution in [-0.4, -0.2) is 52.6 Å². The number of fused-ring (bicyclic) bond motifs is 1. The van der Waals surface area contributed by atoms with E-state index in [1.165, 1.54) is 18.4 Å². The zero-order valence-electron chi connectivity index (χ0n) is 19.9. The van der Waals surface area contributed by atoms with E-state index in [-0.39, 0.29) is 18.8 Å². The molecule has 2 aliphatic heterocycles. The molecule has 7 nitrogen and oxygen atoms in total. The molecule has 0 aliphatic carbocycles. The molecule has 3 aromatic rings. The Kier molecular flexibility index (Phi) is 7.56. The van der Waals surface area contributed by atoms with Crippen LogP contribution in [0.3, 0.4) is 0 Å². The lowest BCUT2D eigenvalue weighted by Crippen LogP contribution is -2.36. The van der Waals surface area contributed by atoms with E-state index >= 15 is 0 Å². The second kappa shape index (κ2) is 11.3. The highest BCUT2D eigenvalue weighted by molar-refractivity contribution is 6.16. The first-order chi connectivity index (χ1) is 17.2. The van der Waals surface area contributed by atoms with Gasteiger partial charge in [0.05, 0.1) is 23.5 Å². The summed E-state index contributed by atoms with van der Waals surface area (Å²) in [7, 11) is 0. The third-order valence-electron chi connectivity index (χ3n) is 6.67. The van der Waals surface area contributed by atoms with Crippen LogP contribution in [0.1, 0.15) is 40.9 Å². The summed E-state index contributed by atoms with van der Waals surface area (Å²) in [5.74, 6) is 1.43. The fourth-order valence-electron chi connectivity index (χ4n) is 4.72. The lowest BCUT2D eigenvalue weighted by Gasteiger charge is -2.32. The van der Waals surface area contributed by atoms with Crippen molar-refractivity contribution in [3.05, 3.63) is 83.9 Å². The lowest BCUT2D eigenvalue weighted by atomic mass is 9.96. The zero-order chi connectivity index (χ0) is 23.9. The number of likely N-dealkylation sites (tertiary alicyclic amines) is 1. The van der Waals surface area contributed by atoms with E-state index in [0.29, 0.717) is 29.5 Å². The molecule has 1 fully saturated rings. The molecule has 35 heavy (non-hydrogen) atoms. The number of ether oxygens (including phenoxy) is 1. The molecule has 0 radical (unpaired) electrons. The van der Waals surface area contributed by atoms with Crippen molar-refractivity contribution >= 4 is 17.2 Å². The van der Waals surface area contributed by atoms with Gasteiger partial charge in [0.25, 0.3) is 0 Å². The van der Waals surface area contributed by atoms with Crippen LogP contribution >= 0.6 is 0 Å². The van der Waals surface area contributed by atoms with Crippen LogP contribution in [0.4, 0.5) is 5.69 Å². The highest BCUT2D eigenvalue weighted by Crippen LogP contribution is 2.29. The number of carbonyl (C=O) groups is 1. The van der Waals surface area contributed by atoms with E-state index in [9.17, 15) is 4.79 Å². The number of benzene rings is 1. The first-order valence-corrected chi connectivity index (χ1v) is 12.3. The Morgan fingerprint density at radius 1 is 1.00 bits per heavy atom. The number of carbonyl (C=O) groups excluding carboxylic acids is 1. The molecule has 0 unspecified atom stereocenters. The lowest BCUT2D eigenvalue weighted by molar-refractivity contribution is 0.0998. The number of hydrogen-bond acceptors (Lipinski definition) is 7. The predicted octanol–water partition coefficient (Wildman–Crippen LogP) is 4.22. The van der Waals surface area contributed by atoms with Crippen LogP contribution in [0.5, 0.6) is 5.75 Å². The number of Topliss-reactive ketones (excluding diaryl/α,β-unsaturated/α-hetero) is 1. The molecular weight excluding hydrogens is 438 g/mol. The van der Waals surface area contributed by atoms with Crippen molar-refractivity contribution in [3.63, 3.8) is 0 Å². The van der Waals surface area contributed by atoms with Crippen LogP contribution in [0.2, 0.25) is 0 Å². The molecule has 7 heteroatoms. The van der Waals surface area contributed by atoms with Gasteiger partial charge in [-0.15, -0.1) is 0 Å². The van der Waals surface area contributed by atoms with Gasteiger partial charge in [0, 0.05) is 37.2 Å². The number of aromatic nitrogens is 2. The quantitative estimate of drug-likeness (QED) is 0.506. The summed E-state index contributed by atoms with van der Waals surface area (Å²) in [5, 5.41) is 3.57. The van der Waals surface area contributed by atoms with Gasteiger partial charge in [0.15, 0.2) is 5.78 Å². The van der Waals surface area contributed by atoms with Gasteiger partial charge in [0.2, 0.25) is 0 Å². The molecule has 180 valence electrons. The molecular formula is C28H31N5O2. The average molecular weight is 470 g/mol. The SMILES string of the molecule is O=C1CC(COc2ccncc2)=Nc2c1ccnc2CNCC1CCN(Cc2ccccc2)CC1. The number of hydrogen-bond donors (Lipinski definition) is 1. The normalized spacial score (nSPS) is 16.6. The highest BCUT2D eigenvalue weighted by Gasteiger charge is 2.24. The Morgan fingerprint density at radius 3 is 2.60 bits per heavy atom. The van der Waals surface area contributed by atoms with Gasteiger partial charge in [0.1, 0.15) is 12.4 Å². The Morgan fingerprint density at radius 2 is 1.80 bits per heavy atom. The monoisotopic (exact) mass is 469 g/mol. The summed E-state index contributed by atoms with van der Waals surface area (Å²) in [6.45, 7) is 5.10. The standard InChI is InChI=1S/C28H31N5O2/c34-27-16-23(20-35-24-6-11-29-12-7-24)32-28-25(27)8-13-31-26(28)18-30-17-21-9-14-33(15-10-21)19-22-4-2-1-3-5-22/h1-8,11-13,21,30H,9-10,14-20H2. The number of pyridine rings is 2. The predicted molar refractivity (Wildman–Crippen MR) is 136 cm³/mol. The molecule has 4 heterocycles. The van der Waals surface area contributed by atoms with Crippen molar-refractivity contribution < 1.29 is 9.53 Å². The highest BCUT2D eigenvalue weighted by atomic mass is 16.5. The maximum Gasteiger partial charge on any atom is 0.170 e. The summed E-state index contributed by atoms with van der Waals surface area (Å²) < 4.78 is 5.79. The molecule has 0 amide bonds. The summed E-state index contributed by atoms with van der Waals surface area (Å²) in [4.78, 5) is 28.6. The van der Waals surface area contributed by atoms with Gasteiger partial charge in [-0.05, 0) is 62.2 Å². The van der Waals surface area contributed by atoms with E-state index in [1.807, 2.05) is 0 Å². The Labute approximate surface area is 206 Å². The van der Waals surface area contributed by atoms with Crippen LogP contribution in [0, 0.1) is 5.92 Å². The molecule has 0 bridgehead atoms. The minimum absolute atomic E-state index is 0.0674. The molecule has 2 aromatic heterocycles. The Bertz CT molecular complexity index is 1160. The third-order valence-corrected chi connectivity index (χ3v) is 6.67. The fourth-order valence-corrected chi connectivity index (χ4v) is 4.72. The Balaban J connectivity index is 1.14. The molecule has 2 aliphatic rings. The second-order valence-corrected chi connectivity index (χ2v) is 9.24. The molecule has 0 atom stereocenters. The van der Waals surface area contributed by atoms with E-state index in [0.717, 1.165) is 37.6 Å². The van der Waals surface area contributed by atoms with Crippen LogP contribution in [0.15, 0.2) is 72.1 Å². The van der Waals surface area contributed by atoms with E-state index < -0.39 is 0 Å².